The van der Waals surface area contributed by atoms with Crippen molar-refractivity contribution in [2.24, 2.45) is 0 Å². The maximum Gasteiger partial charge on any atom is 0.523 e. The standard InChI is InChI=1S/C21H43F3NO3S/c1-5-9-13-14-15-16-20(28-29(26,27)21(22,23)24)25(17-10-6-2,18-11-7-3)19-12-8-4/h20H,5-19H2,1-4H3/q+1. The summed E-state index contributed by atoms with van der Waals surface area (Å²) in [6, 6.07) is 0. The molecule has 1 unspecified atom stereocenters. The molecule has 0 aromatic carbocycles. The van der Waals surface area contributed by atoms with E-state index in [1.54, 1.807) is 0 Å². The van der Waals surface area contributed by atoms with Crippen LogP contribution in [0.5, 0.6) is 0 Å². The van der Waals surface area contributed by atoms with Crippen LogP contribution in [0.2, 0.25) is 0 Å². The van der Waals surface area contributed by atoms with Gasteiger partial charge in [0.05, 0.1) is 19.6 Å². The van der Waals surface area contributed by atoms with Gasteiger partial charge in [0.1, 0.15) is 0 Å². The molecule has 176 valence electrons. The summed E-state index contributed by atoms with van der Waals surface area (Å²) in [5.41, 5.74) is -5.39. The molecule has 0 spiro atoms. The summed E-state index contributed by atoms with van der Waals surface area (Å²) in [5.74, 6) is 0. The molecule has 8 heteroatoms. The second kappa shape index (κ2) is 14.6. The Labute approximate surface area is 176 Å². The summed E-state index contributed by atoms with van der Waals surface area (Å²) in [7, 11) is -5.62. The Balaban J connectivity index is 5.78. The molecular formula is C21H43F3NO3S+. The highest BCUT2D eigenvalue weighted by Gasteiger charge is 2.51. The summed E-state index contributed by atoms with van der Waals surface area (Å²) >= 11 is 0. The zero-order valence-electron chi connectivity index (χ0n) is 18.9. The molecule has 0 heterocycles. The molecule has 0 aliphatic carbocycles. The van der Waals surface area contributed by atoms with Crippen molar-refractivity contribution >= 4 is 10.1 Å². The van der Waals surface area contributed by atoms with Gasteiger partial charge in [0.2, 0.25) is 6.23 Å². The fraction of sp³-hybridized carbons (Fsp3) is 1.00. The Morgan fingerprint density at radius 3 is 1.52 bits per heavy atom. The Hall–Kier alpha value is -0.340. The fourth-order valence-electron chi connectivity index (χ4n) is 3.72. The molecule has 1 atom stereocenters. The van der Waals surface area contributed by atoms with Gasteiger partial charge in [-0.25, -0.2) is 4.18 Å². The van der Waals surface area contributed by atoms with E-state index in [2.05, 4.69) is 6.92 Å². The van der Waals surface area contributed by atoms with Crippen LogP contribution in [0.25, 0.3) is 0 Å². The molecule has 0 aromatic rings. The predicted molar refractivity (Wildman–Crippen MR) is 113 cm³/mol. The highest BCUT2D eigenvalue weighted by Crippen LogP contribution is 2.32. The third-order valence-electron chi connectivity index (χ3n) is 5.56. The largest absolute Gasteiger partial charge is 0.523 e. The number of halogens is 3. The van der Waals surface area contributed by atoms with Gasteiger partial charge in [-0.3, -0.25) is 4.48 Å². The van der Waals surface area contributed by atoms with E-state index in [1.165, 1.54) is 0 Å². The SMILES string of the molecule is CCCCCCCC(OS(=O)(=O)C(F)(F)F)[N+](CCCC)(CCCC)CCCC. The van der Waals surface area contributed by atoms with E-state index in [-0.39, 0.29) is 0 Å². The van der Waals surface area contributed by atoms with Gasteiger partial charge in [0.15, 0.2) is 0 Å². The van der Waals surface area contributed by atoms with Crippen LogP contribution in [-0.2, 0) is 14.3 Å². The fourth-order valence-corrected chi connectivity index (χ4v) is 4.40. The highest BCUT2D eigenvalue weighted by molar-refractivity contribution is 7.87. The summed E-state index contributed by atoms with van der Waals surface area (Å²) in [5, 5.41) is 0. The average molecular weight is 447 g/mol. The van der Waals surface area contributed by atoms with E-state index in [1.807, 2.05) is 20.8 Å². The molecule has 0 saturated carbocycles. The molecule has 0 N–H and O–H groups in total. The van der Waals surface area contributed by atoms with Crippen molar-refractivity contribution in [1.82, 2.24) is 0 Å². The van der Waals surface area contributed by atoms with Crippen molar-refractivity contribution < 1.29 is 30.3 Å². The van der Waals surface area contributed by atoms with Crippen LogP contribution in [0, 0.1) is 0 Å². The van der Waals surface area contributed by atoms with Crippen LogP contribution in [0.1, 0.15) is 105 Å². The molecule has 0 fully saturated rings. The number of rotatable bonds is 18. The quantitative estimate of drug-likeness (QED) is 0.0768. The van der Waals surface area contributed by atoms with E-state index in [0.717, 1.165) is 64.2 Å². The maximum absolute atomic E-state index is 13.1. The van der Waals surface area contributed by atoms with Gasteiger partial charge in [0.25, 0.3) is 0 Å². The topological polar surface area (TPSA) is 43.4 Å². The predicted octanol–water partition coefficient (Wildman–Crippen LogP) is 6.76. The summed E-state index contributed by atoms with van der Waals surface area (Å²) in [4.78, 5) is 0. The third kappa shape index (κ3) is 10.5. The van der Waals surface area contributed by atoms with Crippen molar-refractivity contribution in [2.75, 3.05) is 19.6 Å². The molecule has 4 nitrogen and oxygen atoms in total. The molecular weight excluding hydrogens is 403 g/mol. The number of hydrogen-bond acceptors (Lipinski definition) is 3. The van der Waals surface area contributed by atoms with Crippen LogP contribution in [-0.4, -0.2) is 44.3 Å². The van der Waals surface area contributed by atoms with Crippen molar-refractivity contribution in [3.05, 3.63) is 0 Å². The van der Waals surface area contributed by atoms with Gasteiger partial charge in [-0.05, 0) is 25.7 Å². The monoisotopic (exact) mass is 446 g/mol. The molecule has 29 heavy (non-hydrogen) atoms. The van der Waals surface area contributed by atoms with E-state index in [4.69, 9.17) is 4.18 Å². The van der Waals surface area contributed by atoms with Crippen molar-refractivity contribution in [1.29, 1.82) is 0 Å². The molecule has 0 aliphatic rings. The molecule has 0 bridgehead atoms. The van der Waals surface area contributed by atoms with E-state index < -0.39 is 21.9 Å². The molecule has 0 rings (SSSR count). The summed E-state index contributed by atoms with van der Waals surface area (Å²) in [6.45, 7) is 10.2. The summed E-state index contributed by atoms with van der Waals surface area (Å²) < 4.78 is 68.4. The number of alkyl halides is 3. The third-order valence-corrected chi connectivity index (χ3v) is 6.60. The molecule has 0 amide bonds. The van der Waals surface area contributed by atoms with E-state index in [9.17, 15) is 21.6 Å². The minimum absolute atomic E-state index is 0.318. The lowest BCUT2D eigenvalue weighted by Gasteiger charge is -2.44. The van der Waals surface area contributed by atoms with Crippen LogP contribution >= 0.6 is 0 Å². The zero-order valence-corrected chi connectivity index (χ0v) is 19.7. The Kier molecular flexibility index (Phi) is 14.5. The minimum atomic E-state index is -5.62. The molecule has 0 aromatic heterocycles. The van der Waals surface area contributed by atoms with Crippen molar-refractivity contribution in [3.63, 3.8) is 0 Å². The van der Waals surface area contributed by atoms with Gasteiger partial charge in [-0.15, -0.1) is 0 Å². The number of unbranched alkanes of at least 4 members (excludes halogenated alkanes) is 7. The van der Waals surface area contributed by atoms with Crippen LogP contribution < -0.4 is 0 Å². The maximum atomic E-state index is 13.1. The number of nitrogens with zero attached hydrogens (tertiary/aromatic N) is 1. The molecule has 0 radical (unpaired) electrons. The van der Waals surface area contributed by atoms with E-state index >= 15 is 0 Å². The van der Waals surface area contributed by atoms with E-state index in [0.29, 0.717) is 37.0 Å². The second-order valence-corrected chi connectivity index (χ2v) is 9.67. The van der Waals surface area contributed by atoms with Crippen LogP contribution in [0.4, 0.5) is 13.2 Å². The first-order chi connectivity index (χ1) is 13.6. The first kappa shape index (κ1) is 28.7. The number of hydrogen-bond donors (Lipinski definition) is 0. The summed E-state index contributed by atoms with van der Waals surface area (Å²) in [6.07, 6.45) is 9.36. The minimum Gasteiger partial charge on any atom is -0.298 e. The molecule has 0 saturated heterocycles. The zero-order chi connectivity index (χ0) is 22.4. The first-order valence-corrected chi connectivity index (χ1v) is 12.9. The number of quaternary nitrogens is 1. The van der Waals surface area contributed by atoms with Crippen LogP contribution in [0.15, 0.2) is 0 Å². The van der Waals surface area contributed by atoms with Crippen LogP contribution in [0.3, 0.4) is 0 Å². The Morgan fingerprint density at radius 1 is 0.724 bits per heavy atom. The lowest BCUT2D eigenvalue weighted by atomic mass is 10.1. The normalized spacial score (nSPS) is 14.3. The van der Waals surface area contributed by atoms with Gasteiger partial charge in [-0.1, -0.05) is 72.6 Å². The Morgan fingerprint density at radius 2 is 1.14 bits per heavy atom. The first-order valence-electron chi connectivity index (χ1n) is 11.5. The van der Waals surface area contributed by atoms with Gasteiger partial charge in [-0.2, -0.15) is 21.6 Å². The van der Waals surface area contributed by atoms with Gasteiger partial charge < -0.3 is 0 Å². The highest BCUT2D eigenvalue weighted by atomic mass is 32.2. The average Bonchev–Trinajstić information content (AvgIpc) is 2.65. The lowest BCUT2D eigenvalue weighted by Crippen LogP contribution is -2.59. The van der Waals surface area contributed by atoms with Gasteiger partial charge >= 0.3 is 15.6 Å². The van der Waals surface area contributed by atoms with Gasteiger partial charge in [0, 0.05) is 6.42 Å². The smallest absolute Gasteiger partial charge is 0.298 e. The lowest BCUT2D eigenvalue weighted by molar-refractivity contribution is -0.969. The van der Waals surface area contributed by atoms with Crippen molar-refractivity contribution in [3.8, 4) is 0 Å². The second-order valence-electron chi connectivity index (χ2n) is 8.10. The Bertz CT molecular complexity index is 488. The van der Waals surface area contributed by atoms with Crippen molar-refractivity contribution in [2.45, 2.75) is 116 Å². The molecule has 0 aliphatic heterocycles.